The van der Waals surface area contributed by atoms with E-state index in [9.17, 15) is 33.9 Å². The van der Waals surface area contributed by atoms with Crippen molar-refractivity contribution in [3.8, 4) is 0 Å². The number of amides is 1. The number of ether oxygens (including phenoxy) is 6. The Hall–Kier alpha value is -3.72. The van der Waals surface area contributed by atoms with Gasteiger partial charge >= 0.3 is 35.9 Å². The van der Waals surface area contributed by atoms with Gasteiger partial charge in [-0.3, -0.25) is 24.0 Å². The number of rotatable bonds is 37. The molecule has 1 N–H and O–H groups in total. The quantitative estimate of drug-likeness (QED) is 0.0272. The molecule has 0 aliphatic carbocycles. The molecule has 3 atom stereocenters. The summed E-state index contributed by atoms with van der Waals surface area (Å²) in [6, 6.07) is 0. The zero-order valence-corrected chi connectivity index (χ0v) is 39.6. The summed E-state index contributed by atoms with van der Waals surface area (Å²) in [5, 5.41) is 9.93. The molecule has 364 valence electrons. The number of hydrogen-bond donors (Lipinski definition) is 1. The third kappa shape index (κ3) is 31.7. The second-order valence-electron chi connectivity index (χ2n) is 17.2. The van der Waals surface area contributed by atoms with Crippen molar-refractivity contribution in [2.75, 3.05) is 66.8 Å². The summed E-state index contributed by atoms with van der Waals surface area (Å²) in [4.78, 5) is 80.4. The minimum absolute atomic E-state index is 0.0945. The molecule has 0 saturated carbocycles. The van der Waals surface area contributed by atoms with Crippen LogP contribution >= 0.6 is 0 Å². The van der Waals surface area contributed by atoms with E-state index in [1.54, 1.807) is 0 Å². The second-order valence-corrected chi connectivity index (χ2v) is 17.2. The molecule has 0 aromatic rings. The minimum Gasteiger partial charge on any atom is -0.465 e. The van der Waals surface area contributed by atoms with E-state index in [-0.39, 0.29) is 89.5 Å². The van der Waals surface area contributed by atoms with Gasteiger partial charge in [0.2, 0.25) is 0 Å². The molecule has 15 nitrogen and oxygen atoms in total. The van der Waals surface area contributed by atoms with Crippen LogP contribution in [0, 0.1) is 11.8 Å². The van der Waals surface area contributed by atoms with Crippen molar-refractivity contribution in [1.82, 2.24) is 9.80 Å². The van der Waals surface area contributed by atoms with Crippen molar-refractivity contribution in [3.63, 3.8) is 0 Å². The first kappa shape index (κ1) is 57.3. The van der Waals surface area contributed by atoms with Crippen molar-refractivity contribution in [1.29, 1.82) is 0 Å². The van der Waals surface area contributed by atoms with Crippen LogP contribution < -0.4 is 0 Å². The lowest BCUT2D eigenvalue weighted by Crippen LogP contribution is -2.42. The standard InChI is InChI=1S/C48H84N2O13/c1-6-9-12-15-18-21-24-43(52)59-36-39(35-51)31-46(55)62-41-27-28-42(34-50(33-41)48(57)58-30-29-49(4)5)63-47(56)32-40(37-60-44(53)25-22-19-16-13-10-7-2)38-61-45(54)26-23-20-17-14-11-8-3/h27-28,39-42,51H,6-26,29-38H2,1-5H3/t39?,41-,42+/m0/s1. The fraction of sp³-hybridized carbons (Fsp3) is 0.833. The van der Waals surface area contributed by atoms with Gasteiger partial charge in [0.05, 0.1) is 45.8 Å². The van der Waals surface area contributed by atoms with E-state index in [2.05, 4.69) is 20.8 Å². The zero-order chi connectivity index (χ0) is 46.5. The van der Waals surface area contributed by atoms with E-state index in [1.165, 1.54) is 23.5 Å². The van der Waals surface area contributed by atoms with Gasteiger partial charge in [-0.05, 0) is 45.5 Å². The predicted octanol–water partition coefficient (Wildman–Crippen LogP) is 8.27. The van der Waals surface area contributed by atoms with Crippen molar-refractivity contribution in [2.24, 2.45) is 11.8 Å². The van der Waals surface area contributed by atoms with Crippen LogP contribution in [0.2, 0.25) is 0 Å². The molecule has 0 aromatic carbocycles. The number of unbranched alkanes of at least 4 members (excludes halogenated alkanes) is 15. The SMILES string of the molecule is CCCCCCCCC(=O)OCC(COC(=O)CCCCCCCC)CC(=O)O[C@@H]1C=C[C@H](OC(=O)CC(CO)COC(=O)CCCCCCCC)CN(C(=O)OCCN(C)C)C1. The fourth-order valence-electron chi connectivity index (χ4n) is 6.83. The van der Waals surface area contributed by atoms with Crippen molar-refractivity contribution in [3.05, 3.63) is 12.2 Å². The molecule has 0 bridgehead atoms. The zero-order valence-electron chi connectivity index (χ0n) is 39.6. The lowest BCUT2D eigenvalue weighted by molar-refractivity contribution is -0.156. The maximum atomic E-state index is 13.5. The van der Waals surface area contributed by atoms with Crippen molar-refractivity contribution < 1.29 is 62.3 Å². The molecule has 1 heterocycles. The first-order valence-corrected chi connectivity index (χ1v) is 24.1. The summed E-state index contributed by atoms with van der Waals surface area (Å²) in [6.07, 6.45) is 19.2. The molecule has 1 rings (SSSR count). The molecule has 15 heteroatoms. The van der Waals surface area contributed by atoms with Crippen LogP contribution in [0.3, 0.4) is 0 Å². The smallest absolute Gasteiger partial charge is 0.410 e. The van der Waals surface area contributed by atoms with Crippen LogP contribution in [0.1, 0.15) is 168 Å². The van der Waals surface area contributed by atoms with Crippen LogP contribution in [0.15, 0.2) is 12.2 Å². The molecule has 1 amide bonds. The first-order valence-electron chi connectivity index (χ1n) is 24.1. The van der Waals surface area contributed by atoms with Crippen LogP contribution in [0.4, 0.5) is 4.79 Å². The minimum atomic E-state index is -0.954. The lowest BCUT2D eigenvalue weighted by Gasteiger charge is -2.26. The maximum absolute atomic E-state index is 13.5. The number of nitrogens with zero attached hydrogens (tertiary/aromatic N) is 2. The van der Waals surface area contributed by atoms with Gasteiger partial charge in [0, 0.05) is 44.2 Å². The Bertz CT molecular complexity index is 1260. The highest BCUT2D eigenvalue weighted by Crippen LogP contribution is 2.18. The number of aliphatic hydroxyl groups excluding tert-OH is 1. The summed E-state index contributed by atoms with van der Waals surface area (Å²) in [6.45, 7) is 6.00. The van der Waals surface area contributed by atoms with Gasteiger partial charge in [-0.2, -0.15) is 0 Å². The highest BCUT2D eigenvalue weighted by molar-refractivity contribution is 5.73. The summed E-state index contributed by atoms with van der Waals surface area (Å²) in [5.74, 6) is -3.83. The maximum Gasteiger partial charge on any atom is 0.410 e. The van der Waals surface area contributed by atoms with Crippen LogP contribution in [0.5, 0.6) is 0 Å². The van der Waals surface area contributed by atoms with Crippen LogP contribution in [-0.2, 0) is 52.4 Å². The van der Waals surface area contributed by atoms with Gasteiger partial charge in [-0.15, -0.1) is 0 Å². The topological polar surface area (TPSA) is 185 Å². The molecule has 1 aliphatic heterocycles. The fourth-order valence-corrected chi connectivity index (χ4v) is 6.83. The van der Waals surface area contributed by atoms with Gasteiger partial charge in [0.25, 0.3) is 0 Å². The highest BCUT2D eigenvalue weighted by Gasteiger charge is 2.30. The number of esters is 5. The molecule has 0 spiro atoms. The molecule has 0 aromatic heterocycles. The number of hydrogen-bond acceptors (Lipinski definition) is 14. The van der Waals surface area contributed by atoms with E-state index in [0.717, 1.165) is 96.3 Å². The Morgan fingerprint density at radius 3 is 1.29 bits per heavy atom. The van der Waals surface area contributed by atoms with Crippen LogP contribution in [0.25, 0.3) is 0 Å². The third-order valence-corrected chi connectivity index (χ3v) is 10.7. The van der Waals surface area contributed by atoms with Crippen LogP contribution in [-0.4, -0.2) is 130 Å². The molecule has 1 aliphatic rings. The first-order chi connectivity index (χ1) is 30.4. The monoisotopic (exact) mass is 897 g/mol. The van der Waals surface area contributed by atoms with Gasteiger partial charge in [-0.25, -0.2) is 4.79 Å². The highest BCUT2D eigenvalue weighted by atomic mass is 16.6. The largest absolute Gasteiger partial charge is 0.465 e. The van der Waals surface area contributed by atoms with Gasteiger partial charge in [0.15, 0.2) is 0 Å². The van der Waals surface area contributed by atoms with E-state index < -0.39 is 48.7 Å². The average molecular weight is 897 g/mol. The van der Waals surface area contributed by atoms with Gasteiger partial charge in [0.1, 0.15) is 18.8 Å². The van der Waals surface area contributed by atoms with Crippen molar-refractivity contribution in [2.45, 2.75) is 181 Å². The Morgan fingerprint density at radius 1 is 0.540 bits per heavy atom. The molecule has 0 fully saturated rings. The normalized spacial score (nSPS) is 15.5. The summed E-state index contributed by atoms with van der Waals surface area (Å²) >= 11 is 0. The molecule has 1 unspecified atom stereocenters. The average Bonchev–Trinajstić information content (AvgIpc) is 3.45. The molecular weight excluding hydrogens is 813 g/mol. The summed E-state index contributed by atoms with van der Waals surface area (Å²) in [5.41, 5.74) is 0. The van der Waals surface area contributed by atoms with Gasteiger partial charge in [-0.1, -0.05) is 117 Å². The van der Waals surface area contributed by atoms with E-state index in [1.807, 2.05) is 19.0 Å². The number of aliphatic hydroxyl groups is 1. The summed E-state index contributed by atoms with van der Waals surface area (Å²) in [7, 11) is 3.68. The Labute approximate surface area is 378 Å². The van der Waals surface area contributed by atoms with E-state index in [4.69, 9.17) is 28.4 Å². The van der Waals surface area contributed by atoms with Crippen molar-refractivity contribution >= 4 is 35.9 Å². The Morgan fingerprint density at radius 2 is 0.905 bits per heavy atom. The molecule has 0 saturated heterocycles. The number of carbonyl (C=O) groups is 6. The molecular formula is C48H84N2O13. The Kier molecular flexibility index (Phi) is 34.2. The van der Waals surface area contributed by atoms with E-state index in [0.29, 0.717) is 19.4 Å². The predicted molar refractivity (Wildman–Crippen MR) is 241 cm³/mol. The van der Waals surface area contributed by atoms with Gasteiger partial charge < -0.3 is 43.3 Å². The molecule has 0 radical (unpaired) electrons. The number of likely N-dealkylation sites (N-methyl/N-ethyl adjacent to an activating group) is 1. The summed E-state index contributed by atoms with van der Waals surface area (Å²) < 4.78 is 33.4. The Balaban J connectivity index is 2.94. The second kappa shape index (κ2) is 37.6. The van der Waals surface area contributed by atoms with E-state index >= 15 is 0 Å². The molecule has 63 heavy (non-hydrogen) atoms. The number of carbonyl (C=O) groups excluding carboxylic acids is 6. The third-order valence-electron chi connectivity index (χ3n) is 10.7. The lowest BCUT2D eigenvalue weighted by atomic mass is 10.1.